The van der Waals surface area contributed by atoms with E-state index in [1.165, 1.54) is 23.5 Å². The number of hydrogen-bond acceptors (Lipinski definition) is 5. The molecule has 32 heavy (non-hydrogen) atoms. The summed E-state index contributed by atoms with van der Waals surface area (Å²) in [4.78, 5) is 27.8. The lowest BCUT2D eigenvalue weighted by Crippen LogP contribution is -2.43. The molecule has 1 aliphatic heterocycles. The van der Waals surface area contributed by atoms with Gasteiger partial charge in [-0.1, -0.05) is 18.2 Å². The average molecular weight is 454 g/mol. The predicted octanol–water partition coefficient (Wildman–Crippen LogP) is 3.94. The molecule has 1 aromatic heterocycles. The number of amides is 2. The van der Waals surface area contributed by atoms with E-state index in [1.54, 1.807) is 42.5 Å². The third-order valence-electron chi connectivity index (χ3n) is 5.35. The molecule has 2 N–H and O–H groups in total. The number of morpholine rings is 1. The molecular formula is C24H24FN3O3S. The highest BCUT2D eigenvalue weighted by Gasteiger charge is 2.23. The number of rotatable bonds is 7. The third kappa shape index (κ3) is 5.59. The van der Waals surface area contributed by atoms with E-state index >= 15 is 0 Å². The maximum absolute atomic E-state index is 13.4. The van der Waals surface area contributed by atoms with Crippen molar-refractivity contribution in [3.05, 3.63) is 87.9 Å². The summed E-state index contributed by atoms with van der Waals surface area (Å²) in [6.07, 6.45) is 0. The van der Waals surface area contributed by atoms with Crippen molar-refractivity contribution < 1.29 is 18.7 Å². The van der Waals surface area contributed by atoms with Crippen LogP contribution in [0.1, 0.15) is 31.6 Å². The second-order valence-electron chi connectivity index (χ2n) is 7.43. The number of ether oxygens (including phenoxy) is 1. The molecule has 1 fully saturated rings. The Hall–Kier alpha value is -3.07. The van der Waals surface area contributed by atoms with Gasteiger partial charge in [-0.2, -0.15) is 0 Å². The van der Waals surface area contributed by atoms with Gasteiger partial charge in [0.2, 0.25) is 0 Å². The van der Waals surface area contributed by atoms with Crippen LogP contribution in [0.2, 0.25) is 0 Å². The Kier molecular flexibility index (Phi) is 7.26. The fourth-order valence-corrected chi connectivity index (χ4v) is 4.25. The Labute approximate surface area is 190 Å². The van der Waals surface area contributed by atoms with Crippen LogP contribution in [0.3, 0.4) is 0 Å². The van der Waals surface area contributed by atoms with E-state index in [9.17, 15) is 14.0 Å². The van der Waals surface area contributed by atoms with Crippen molar-refractivity contribution in [1.29, 1.82) is 0 Å². The number of nitrogens with zero attached hydrogens (tertiary/aromatic N) is 1. The molecule has 0 bridgehead atoms. The van der Waals surface area contributed by atoms with Crippen LogP contribution >= 0.6 is 11.3 Å². The number of hydrogen-bond donors (Lipinski definition) is 2. The fraction of sp³-hybridized carbons (Fsp3) is 0.250. The molecule has 166 valence electrons. The van der Waals surface area contributed by atoms with Crippen molar-refractivity contribution in [1.82, 2.24) is 10.2 Å². The van der Waals surface area contributed by atoms with E-state index in [1.807, 2.05) is 11.4 Å². The summed E-state index contributed by atoms with van der Waals surface area (Å²) in [7, 11) is 0. The van der Waals surface area contributed by atoms with E-state index in [4.69, 9.17) is 4.74 Å². The van der Waals surface area contributed by atoms with E-state index in [-0.39, 0.29) is 23.7 Å². The van der Waals surface area contributed by atoms with Gasteiger partial charge in [-0.25, -0.2) is 4.39 Å². The summed E-state index contributed by atoms with van der Waals surface area (Å²) in [5.41, 5.74) is 2.07. The molecule has 8 heteroatoms. The van der Waals surface area contributed by atoms with E-state index in [0.717, 1.165) is 18.7 Å². The molecule has 1 aliphatic rings. The highest BCUT2D eigenvalue weighted by molar-refractivity contribution is 7.12. The first kappa shape index (κ1) is 22.1. The van der Waals surface area contributed by atoms with Gasteiger partial charge >= 0.3 is 0 Å². The monoisotopic (exact) mass is 453 g/mol. The van der Waals surface area contributed by atoms with Gasteiger partial charge in [-0.05, 0) is 53.4 Å². The normalized spacial score (nSPS) is 15.2. The quantitative estimate of drug-likeness (QED) is 0.569. The fourth-order valence-electron chi connectivity index (χ4n) is 3.63. The van der Waals surface area contributed by atoms with Crippen LogP contribution in [-0.2, 0) is 4.74 Å². The molecular weight excluding hydrogens is 429 g/mol. The van der Waals surface area contributed by atoms with E-state index in [0.29, 0.717) is 35.9 Å². The van der Waals surface area contributed by atoms with Crippen LogP contribution < -0.4 is 10.6 Å². The van der Waals surface area contributed by atoms with Crippen molar-refractivity contribution in [2.45, 2.75) is 6.04 Å². The Bertz CT molecular complexity index is 1030. The van der Waals surface area contributed by atoms with Gasteiger partial charge in [0.15, 0.2) is 0 Å². The molecule has 3 aromatic rings. The van der Waals surface area contributed by atoms with Crippen molar-refractivity contribution in [2.75, 3.05) is 38.2 Å². The molecule has 2 heterocycles. The first-order valence-electron chi connectivity index (χ1n) is 10.4. The van der Waals surface area contributed by atoms with Crippen LogP contribution in [-0.4, -0.2) is 49.6 Å². The van der Waals surface area contributed by atoms with Crippen LogP contribution in [0.5, 0.6) is 0 Å². The molecule has 0 saturated carbocycles. The highest BCUT2D eigenvalue weighted by atomic mass is 32.1. The molecule has 0 radical (unpaired) electrons. The summed E-state index contributed by atoms with van der Waals surface area (Å²) >= 11 is 1.37. The number of benzene rings is 2. The minimum absolute atomic E-state index is 0.0761. The summed E-state index contributed by atoms with van der Waals surface area (Å²) in [5, 5.41) is 7.66. The van der Waals surface area contributed by atoms with Gasteiger partial charge in [-0.3, -0.25) is 14.5 Å². The summed E-state index contributed by atoms with van der Waals surface area (Å²) in [6.45, 7) is 3.14. The van der Waals surface area contributed by atoms with Crippen molar-refractivity contribution >= 4 is 28.8 Å². The SMILES string of the molecule is O=C(NCC(c1ccc(F)cc1)N1CCOCC1)c1ccc(NC(=O)c2cccs2)cc1. The molecule has 0 aliphatic carbocycles. The Morgan fingerprint density at radius 1 is 1.00 bits per heavy atom. The molecule has 1 atom stereocenters. The zero-order chi connectivity index (χ0) is 22.3. The van der Waals surface area contributed by atoms with Gasteiger partial charge in [0.25, 0.3) is 11.8 Å². The molecule has 6 nitrogen and oxygen atoms in total. The zero-order valence-corrected chi connectivity index (χ0v) is 18.2. The molecule has 4 rings (SSSR count). The van der Waals surface area contributed by atoms with Crippen LogP contribution in [0.15, 0.2) is 66.0 Å². The molecule has 2 amide bonds. The lowest BCUT2D eigenvalue weighted by molar-refractivity contribution is 0.0162. The minimum atomic E-state index is -0.287. The maximum atomic E-state index is 13.4. The predicted molar refractivity (Wildman–Crippen MR) is 123 cm³/mol. The summed E-state index contributed by atoms with van der Waals surface area (Å²) in [6, 6.07) is 16.7. The lowest BCUT2D eigenvalue weighted by Gasteiger charge is -2.35. The number of thiophene rings is 1. The highest BCUT2D eigenvalue weighted by Crippen LogP contribution is 2.22. The van der Waals surface area contributed by atoms with Gasteiger partial charge in [0.1, 0.15) is 5.82 Å². The Balaban J connectivity index is 1.39. The van der Waals surface area contributed by atoms with Gasteiger partial charge < -0.3 is 15.4 Å². The Morgan fingerprint density at radius 3 is 2.38 bits per heavy atom. The number of anilines is 1. The Morgan fingerprint density at radius 2 is 1.72 bits per heavy atom. The minimum Gasteiger partial charge on any atom is -0.379 e. The van der Waals surface area contributed by atoms with Crippen molar-refractivity contribution in [3.8, 4) is 0 Å². The largest absolute Gasteiger partial charge is 0.379 e. The first-order valence-corrected chi connectivity index (χ1v) is 11.3. The smallest absolute Gasteiger partial charge is 0.265 e. The standard InChI is InChI=1S/C24H24FN3O3S/c25-19-7-3-17(4-8-19)21(28-11-13-31-14-12-28)16-26-23(29)18-5-9-20(10-6-18)27-24(30)22-2-1-15-32-22/h1-10,15,21H,11-14,16H2,(H,26,29)(H,27,30). The van der Waals surface area contributed by atoms with Crippen LogP contribution in [0, 0.1) is 5.82 Å². The summed E-state index contributed by atoms with van der Waals surface area (Å²) < 4.78 is 18.8. The molecule has 2 aromatic carbocycles. The molecule has 1 saturated heterocycles. The van der Waals surface area contributed by atoms with Crippen LogP contribution in [0.25, 0.3) is 0 Å². The van der Waals surface area contributed by atoms with Crippen molar-refractivity contribution in [2.24, 2.45) is 0 Å². The molecule has 1 unspecified atom stereocenters. The number of nitrogens with one attached hydrogen (secondary N) is 2. The van der Waals surface area contributed by atoms with Gasteiger partial charge in [0.05, 0.1) is 24.1 Å². The maximum Gasteiger partial charge on any atom is 0.265 e. The number of carbonyl (C=O) groups is 2. The van der Waals surface area contributed by atoms with Gasteiger partial charge in [-0.15, -0.1) is 11.3 Å². The second-order valence-corrected chi connectivity index (χ2v) is 8.38. The van der Waals surface area contributed by atoms with Crippen LogP contribution in [0.4, 0.5) is 10.1 Å². The second kappa shape index (κ2) is 10.5. The average Bonchev–Trinajstić information content (AvgIpc) is 3.37. The molecule has 0 spiro atoms. The number of halogens is 1. The van der Waals surface area contributed by atoms with E-state index < -0.39 is 0 Å². The first-order chi connectivity index (χ1) is 15.6. The zero-order valence-electron chi connectivity index (χ0n) is 17.4. The lowest BCUT2D eigenvalue weighted by atomic mass is 10.0. The summed E-state index contributed by atoms with van der Waals surface area (Å²) in [5.74, 6) is -0.670. The third-order valence-corrected chi connectivity index (χ3v) is 6.22. The van der Waals surface area contributed by atoms with E-state index in [2.05, 4.69) is 15.5 Å². The topological polar surface area (TPSA) is 70.7 Å². The number of carbonyl (C=O) groups excluding carboxylic acids is 2. The van der Waals surface area contributed by atoms with Crippen molar-refractivity contribution in [3.63, 3.8) is 0 Å². The van der Waals surface area contributed by atoms with Gasteiger partial charge in [0, 0.05) is 30.9 Å².